The highest BCUT2D eigenvalue weighted by Gasteiger charge is 2.43. The second-order valence-corrected chi connectivity index (χ2v) is 11.6. The normalized spacial score (nSPS) is 15.6. The molecule has 1 aliphatic heterocycles. The highest BCUT2D eigenvalue weighted by molar-refractivity contribution is 7.90. The third-order valence-electron chi connectivity index (χ3n) is 5.25. The van der Waals surface area contributed by atoms with Gasteiger partial charge in [0.1, 0.15) is 17.5 Å². The lowest BCUT2D eigenvalue weighted by Crippen LogP contribution is -2.54. The van der Waals surface area contributed by atoms with Crippen LogP contribution in [0.4, 0.5) is 0 Å². The van der Waals surface area contributed by atoms with Crippen LogP contribution in [0.25, 0.3) is 0 Å². The van der Waals surface area contributed by atoms with Crippen LogP contribution in [0.3, 0.4) is 0 Å². The van der Waals surface area contributed by atoms with Crippen LogP contribution in [0.2, 0.25) is 10.0 Å². The smallest absolute Gasteiger partial charge is 0.269 e. The highest BCUT2D eigenvalue weighted by Crippen LogP contribution is 2.31. The maximum atomic E-state index is 13.4. The van der Waals surface area contributed by atoms with Crippen LogP contribution < -0.4 is 5.32 Å². The van der Waals surface area contributed by atoms with E-state index in [1.165, 1.54) is 30.0 Å². The van der Waals surface area contributed by atoms with Crippen molar-refractivity contribution in [3.05, 3.63) is 63.6 Å². The summed E-state index contributed by atoms with van der Waals surface area (Å²) in [4.78, 5) is 40.1. The minimum atomic E-state index is -4.20. The molecule has 1 heterocycles. The molecule has 3 amide bonds. The Morgan fingerprint density at radius 1 is 1.06 bits per heavy atom. The van der Waals surface area contributed by atoms with Crippen LogP contribution in [-0.4, -0.2) is 53.5 Å². The Hall–Kier alpha value is -2.62. The van der Waals surface area contributed by atoms with Crippen molar-refractivity contribution in [1.29, 1.82) is 0 Å². The molecule has 0 unspecified atom stereocenters. The lowest BCUT2D eigenvalue weighted by atomic mass is 10.1. The van der Waals surface area contributed by atoms with Crippen LogP contribution in [0.5, 0.6) is 0 Å². The van der Waals surface area contributed by atoms with Gasteiger partial charge in [-0.25, -0.2) is 12.7 Å². The Balaban J connectivity index is 1.95. The standard InChI is InChI=1S/C23H25Cl2N3O5S/c1-14(21(30)26-23(2,3)4)27(12-16-17(24)9-7-10-18(16)25)20(29)13-28-22(31)15-8-5-6-11-19(15)34(28,32)33/h5-11,14H,12-13H2,1-4H3,(H,26,30)/t14-/m0/s1. The predicted octanol–water partition coefficient (Wildman–Crippen LogP) is 3.47. The first kappa shape index (κ1) is 26.0. The molecule has 3 rings (SSSR count). The number of sulfonamides is 1. The summed E-state index contributed by atoms with van der Waals surface area (Å²) in [6, 6.07) is 9.56. The van der Waals surface area contributed by atoms with E-state index in [1.54, 1.807) is 45.0 Å². The predicted molar refractivity (Wildman–Crippen MR) is 129 cm³/mol. The Kier molecular flexibility index (Phi) is 7.31. The summed E-state index contributed by atoms with van der Waals surface area (Å²) in [6.45, 7) is 5.96. The van der Waals surface area contributed by atoms with Crippen LogP contribution in [0.1, 0.15) is 43.6 Å². The van der Waals surface area contributed by atoms with Crippen molar-refractivity contribution in [3.8, 4) is 0 Å². The summed E-state index contributed by atoms with van der Waals surface area (Å²) >= 11 is 12.6. The fraction of sp³-hybridized carbons (Fsp3) is 0.348. The summed E-state index contributed by atoms with van der Waals surface area (Å²) in [6.07, 6.45) is 0. The van der Waals surface area contributed by atoms with E-state index in [1.807, 2.05) is 0 Å². The first-order valence-electron chi connectivity index (χ1n) is 10.4. The zero-order valence-corrected chi connectivity index (χ0v) is 21.5. The van der Waals surface area contributed by atoms with Crippen molar-refractivity contribution in [1.82, 2.24) is 14.5 Å². The lowest BCUT2D eigenvalue weighted by Gasteiger charge is -2.32. The van der Waals surface area contributed by atoms with Crippen molar-refractivity contribution < 1.29 is 22.8 Å². The quantitative estimate of drug-likeness (QED) is 0.621. The fourth-order valence-corrected chi connectivity index (χ4v) is 5.55. The van der Waals surface area contributed by atoms with E-state index in [9.17, 15) is 22.8 Å². The maximum absolute atomic E-state index is 13.4. The summed E-state index contributed by atoms with van der Waals surface area (Å²) in [5.74, 6) is -2.01. The van der Waals surface area contributed by atoms with Crippen molar-refractivity contribution in [2.45, 2.75) is 50.7 Å². The van der Waals surface area contributed by atoms with Gasteiger partial charge >= 0.3 is 0 Å². The number of amides is 3. The van der Waals surface area contributed by atoms with Crippen LogP contribution in [0, 0.1) is 0 Å². The molecule has 8 nitrogen and oxygen atoms in total. The highest BCUT2D eigenvalue weighted by atomic mass is 35.5. The van der Waals surface area contributed by atoms with E-state index in [4.69, 9.17) is 23.2 Å². The molecule has 1 N–H and O–H groups in total. The van der Waals surface area contributed by atoms with Crippen molar-refractivity contribution in [2.24, 2.45) is 0 Å². The van der Waals surface area contributed by atoms with Crippen LogP contribution >= 0.6 is 23.2 Å². The van der Waals surface area contributed by atoms with E-state index in [0.717, 1.165) is 0 Å². The second-order valence-electron chi connectivity index (χ2n) is 8.95. The van der Waals surface area contributed by atoms with Gasteiger partial charge in [0.25, 0.3) is 15.9 Å². The number of nitrogens with one attached hydrogen (secondary N) is 1. The topological polar surface area (TPSA) is 104 Å². The molecule has 0 fully saturated rings. The van der Waals surface area contributed by atoms with Gasteiger partial charge in [0.2, 0.25) is 11.8 Å². The zero-order valence-electron chi connectivity index (χ0n) is 19.1. The largest absolute Gasteiger partial charge is 0.350 e. The van der Waals surface area contributed by atoms with Gasteiger partial charge in [-0.05, 0) is 52.0 Å². The van der Waals surface area contributed by atoms with Gasteiger partial charge < -0.3 is 10.2 Å². The number of hydrogen-bond donors (Lipinski definition) is 1. The van der Waals surface area contributed by atoms with E-state index in [2.05, 4.69) is 5.32 Å². The average Bonchev–Trinajstić information content (AvgIpc) is 2.93. The molecule has 0 aliphatic carbocycles. The minimum absolute atomic E-state index is 0.00507. The van der Waals surface area contributed by atoms with Crippen molar-refractivity contribution >= 4 is 50.9 Å². The summed E-state index contributed by atoms with van der Waals surface area (Å²) < 4.78 is 26.4. The number of carbonyl (C=O) groups excluding carboxylic acids is 3. The summed E-state index contributed by atoms with van der Waals surface area (Å²) in [5.41, 5.74) is -0.180. The summed E-state index contributed by atoms with van der Waals surface area (Å²) in [5, 5.41) is 3.37. The zero-order chi connectivity index (χ0) is 25.4. The Labute approximate surface area is 208 Å². The van der Waals surface area contributed by atoms with Crippen molar-refractivity contribution in [3.63, 3.8) is 0 Å². The number of fused-ring (bicyclic) bond motifs is 1. The molecule has 182 valence electrons. The van der Waals surface area contributed by atoms with Crippen molar-refractivity contribution in [2.75, 3.05) is 6.54 Å². The van der Waals surface area contributed by atoms with Gasteiger partial charge in [-0.2, -0.15) is 0 Å². The molecule has 0 spiro atoms. The third-order valence-corrected chi connectivity index (χ3v) is 7.74. The molecule has 0 bridgehead atoms. The molecule has 11 heteroatoms. The molecule has 34 heavy (non-hydrogen) atoms. The summed E-state index contributed by atoms with van der Waals surface area (Å²) in [7, 11) is -4.20. The van der Waals surface area contributed by atoms with E-state index < -0.39 is 45.9 Å². The molecule has 0 saturated heterocycles. The number of nitrogens with zero attached hydrogens (tertiary/aromatic N) is 2. The molecule has 1 aliphatic rings. The van der Waals surface area contributed by atoms with Gasteiger partial charge in [-0.15, -0.1) is 0 Å². The van der Waals surface area contributed by atoms with Gasteiger partial charge in [0.15, 0.2) is 0 Å². The number of halogens is 2. The molecular weight excluding hydrogens is 501 g/mol. The van der Waals surface area contributed by atoms with E-state index >= 15 is 0 Å². The molecule has 2 aromatic rings. The van der Waals surface area contributed by atoms with E-state index in [0.29, 0.717) is 9.87 Å². The monoisotopic (exact) mass is 525 g/mol. The molecule has 1 atom stereocenters. The SMILES string of the molecule is C[C@@H](C(=O)NC(C)(C)C)N(Cc1c(Cl)cccc1Cl)C(=O)CN1C(=O)c2ccccc2S1(=O)=O. The average molecular weight is 526 g/mol. The van der Waals surface area contributed by atoms with Crippen LogP contribution in [0.15, 0.2) is 47.4 Å². The van der Waals surface area contributed by atoms with Gasteiger partial charge in [0, 0.05) is 27.7 Å². The Bertz CT molecular complexity index is 1240. The van der Waals surface area contributed by atoms with Gasteiger partial charge in [-0.1, -0.05) is 41.4 Å². The number of carbonyl (C=O) groups is 3. The first-order valence-corrected chi connectivity index (χ1v) is 12.6. The minimum Gasteiger partial charge on any atom is -0.350 e. The Morgan fingerprint density at radius 3 is 2.21 bits per heavy atom. The fourth-order valence-electron chi connectivity index (χ4n) is 3.51. The maximum Gasteiger partial charge on any atom is 0.269 e. The number of hydrogen-bond acceptors (Lipinski definition) is 5. The Morgan fingerprint density at radius 2 is 1.65 bits per heavy atom. The lowest BCUT2D eigenvalue weighted by molar-refractivity contribution is -0.141. The first-order chi connectivity index (χ1) is 15.7. The molecule has 0 aromatic heterocycles. The molecule has 0 saturated carbocycles. The number of rotatable bonds is 6. The number of benzene rings is 2. The second kappa shape index (κ2) is 9.56. The molecular formula is C23H25Cl2N3O5S. The van der Waals surface area contributed by atoms with E-state index in [-0.39, 0.29) is 27.0 Å². The molecule has 0 radical (unpaired) electrons. The van der Waals surface area contributed by atoms with Gasteiger partial charge in [0.05, 0.1) is 5.56 Å². The van der Waals surface area contributed by atoms with Crippen LogP contribution in [-0.2, 0) is 26.2 Å². The third kappa shape index (κ3) is 5.21. The van der Waals surface area contributed by atoms with Gasteiger partial charge in [-0.3, -0.25) is 14.4 Å². The molecule has 2 aromatic carbocycles.